The number of rotatable bonds is 5. The van der Waals surface area contributed by atoms with Crippen molar-refractivity contribution in [3.05, 3.63) is 66.2 Å². The fourth-order valence-electron chi connectivity index (χ4n) is 1.93. The highest BCUT2D eigenvalue weighted by molar-refractivity contribution is 5.87. The van der Waals surface area contributed by atoms with E-state index in [2.05, 4.69) is 0 Å². The Morgan fingerprint density at radius 2 is 1.71 bits per heavy atom. The Morgan fingerprint density at radius 1 is 1.05 bits per heavy atom. The maximum absolute atomic E-state index is 11.7. The smallest absolute Gasteiger partial charge is 0.286 e. The van der Waals surface area contributed by atoms with Crippen molar-refractivity contribution in [2.45, 2.75) is 20.3 Å². The first-order valence-electron chi connectivity index (χ1n) is 6.92. The van der Waals surface area contributed by atoms with Gasteiger partial charge >= 0.3 is 5.97 Å². The number of allylic oxidation sites excluding steroid dienone is 1. The zero-order valence-corrected chi connectivity index (χ0v) is 12.2. The SMILES string of the molecule is CCC=C(C)C(=O)OOc1ccccc1-c1ccccc1. The molecule has 3 heteroatoms. The van der Waals surface area contributed by atoms with Gasteiger partial charge in [0.05, 0.1) is 0 Å². The Kier molecular flexibility index (Phi) is 5.16. The standard InChI is InChI=1S/C18H18O3/c1-3-9-14(2)18(19)21-20-17-13-8-7-12-16(17)15-10-5-4-6-11-15/h4-13H,3H2,1-2H3. The minimum absolute atomic E-state index is 0.472. The zero-order valence-electron chi connectivity index (χ0n) is 12.2. The van der Waals surface area contributed by atoms with Crippen LogP contribution in [0.3, 0.4) is 0 Å². The highest BCUT2D eigenvalue weighted by Crippen LogP contribution is 2.29. The molecule has 0 radical (unpaired) electrons. The minimum Gasteiger partial charge on any atom is -0.286 e. The molecule has 0 bridgehead atoms. The quantitative estimate of drug-likeness (QED) is 0.458. The highest BCUT2D eigenvalue weighted by atomic mass is 17.2. The summed E-state index contributed by atoms with van der Waals surface area (Å²) in [5.74, 6) is 0.0427. The van der Waals surface area contributed by atoms with Crippen LogP contribution in [-0.2, 0) is 9.68 Å². The van der Waals surface area contributed by atoms with Crippen LogP contribution >= 0.6 is 0 Å². The molecule has 0 unspecified atom stereocenters. The summed E-state index contributed by atoms with van der Waals surface area (Å²) in [7, 11) is 0. The van der Waals surface area contributed by atoms with Crippen molar-refractivity contribution in [1.29, 1.82) is 0 Å². The van der Waals surface area contributed by atoms with Crippen molar-refractivity contribution in [2.75, 3.05) is 0 Å². The highest BCUT2D eigenvalue weighted by Gasteiger charge is 2.11. The van der Waals surface area contributed by atoms with E-state index in [0.717, 1.165) is 17.5 Å². The number of hydrogen-bond acceptors (Lipinski definition) is 3. The van der Waals surface area contributed by atoms with Gasteiger partial charge in [0.1, 0.15) is 0 Å². The van der Waals surface area contributed by atoms with Gasteiger partial charge in [-0.1, -0.05) is 61.5 Å². The van der Waals surface area contributed by atoms with Crippen LogP contribution in [0.4, 0.5) is 0 Å². The van der Waals surface area contributed by atoms with E-state index in [0.29, 0.717) is 11.3 Å². The lowest BCUT2D eigenvalue weighted by Crippen LogP contribution is -2.09. The largest absolute Gasteiger partial charge is 0.381 e. The van der Waals surface area contributed by atoms with Gasteiger partial charge in [-0.25, -0.2) is 9.68 Å². The molecule has 2 aromatic carbocycles. The van der Waals surface area contributed by atoms with E-state index in [4.69, 9.17) is 9.78 Å². The zero-order chi connectivity index (χ0) is 15.1. The second-order valence-corrected chi connectivity index (χ2v) is 4.61. The Labute approximate surface area is 124 Å². The predicted molar refractivity (Wildman–Crippen MR) is 82.6 cm³/mol. The topological polar surface area (TPSA) is 35.5 Å². The molecule has 3 nitrogen and oxygen atoms in total. The molecule has 0 aliphatic rings. The lowest BCUT2D eigenvalue weighted by Gasteiger charge is -2.09. The van der Waals surface area contributed by atoms with E-state index < -0.39 is 5.97 Å². The van der Waals surface area contributed by atoms with Crippen molar-refractivity contribution < 1.29 is 14.6 Å². The first-order chi connectivity index (χ1) is 10.2. The van der Waals surface area contributed by atoms with Gasteiger partial charge in [0.15, 0.2) is 5.75 Å². The number of benzene rings is 2. The summed E-state index contributed by atoms with van der Waals surface area (Å²) in [6, 6.07) is 17.3. The monoisotopic (exact) mass is 282 g/mol. The van der Waals surface area contributed by atoms with Crippen LogP contribution in [0.1, 0.15) is 20.3 Å². The van der Waals surface area contributed by atoms with Crippen molar-refractivity contribution in [1.82, 2.24) is 0 Å². The second-order valence-electron chi connectivity index (χ2n) is 4.61. The number of carbonyl (C=O) groups excluding carboxylic acids is 1. The summed E-state index contributed by atoms with van der Waals surface area (Å²) < 4.78 is 0. The van der Waals surface area contributed by atoms with Crippen LogP contribution in [0.2, 0.25) is 0 Å². The maximum Gasteiger partial charge on any atom is 0.381 e. The molecule has 0 heterocycles. The molecule has 0 saturated carbocycles. The molecule has 2 rings (SSSR count). The van der Waals surface area contributed by atoms with Crippen molar-refractivity contribution in [2.24, 2.45) is 0 Å². The molecular formula is C18H18O3. The van der Waals surface area contributed by atoms with E-state index in [1.54, 1.807) is 19.1 Å². The van der Waals surface area contributed by atoms with Crippen LogP contribution in [0, 0.1) is 0 Å². The normalized spacial score (nSPS) is 11.0. The van der Waals surface area contributed by atoms with Crippen LogP contribution in [0.15, 0.2) is 66.2 Å². The van der Waals surface area contributed by atoms with Crippen molar-refractivity contribution in [3.8, 4) is 16.9 Å². The van der Waals surface area contributed by atoms with E-state index in [1.165, 1.54) is 0 Å². The first-order valence-corrected chi connectivity index (χ1v) is 6.92. The molecule has 0 fully saturated rings. The molecule has 0 aliphatic heterocycles. The Balaban J connectivity index is 2.15. The number of carbonyl (C=O) groups is 1. The molecule has 0 saturated heterocycles. The minimum atomic E-state index is -0.472. The molecule has 21 heavy (non-hydrogen) atoms. The fraction of sp³-hybridized carbons (Fsp3) is 0.167. The van der Waals surface area contributed by atoms with Gasteiger partial charge < -0.3 is 0 Å². The van der Waals surface area contributed by atoms with Gasteiger partial charge in [0.25, 0.3) is 0 Å². The van der Waals surface area contributed by atoms with Gasteiger partial charge in [-0.2, -0.15) is 0 Å². The van der Waals surface area contributed by atoms with Gasteiger partial charge in [0, 0.05) is 11.1 Å². The molecule has 0 aromatic heterocycles. The van der Waals surface area contributed by atoms with Crippen LogP contribution in [0.25, 0.3) is 11.1 Å². The first kappa shape index (κ1) is 14.9. The predicted octanol–water partition coefficient (Wildman–Crippen LogP) is 4.55. The molecule has 0 N–H and O–H groups in total. The average Bonchev–Trinajstić information content (AvgIpc) is 2.54. The number of hydrogen-bond donors (Lipinski definition) is 0. The van der Waals surface area contributed by atoms with Crippen molar-refractivity contribution >= 4 is 5.97 Å². The van der Waals surface area contributed by atoms with Gasteiger partial charge in [0.2, 0.25) is 0 Å². The van der Waals surface area contributed by atoms with E-state index in [1.807, 2.05) is 55.5 Å². The number of para-hydroxylation sites is 1. The average molecular weight is 282 g/mol. The fourth-order valence-corrected chi connectivity index (χ4v) is 1.93. The summed E-state index contributed by atoms with van der Waals surface area (Å²) in [6.07, 6.45) is 2.58. The van der Waals surface area contributed by atoms with Gasteiger partial charge in [-0.05, 0) is 25.0 Å². The molecule has 0 atom stereocenters. The third kappa shape index (κ3) is 3.96. The maximum atomic E-state index is 11.7. The third-order valence-corrected chi connectivity index (χ3v) is 3.01. The van der Waals surface area contributed by atoms with E-state index in [9.17, 15) is 4.79 Å². The van der Waals surface area contributed by atoms with Crippen LogP contribution in [-0.4, -0.2) is 5.97 Å². The molecule has 0 amide bonds. The van der Waals surface area contributed by atoms with Crippen molar-refractivity contribution in [3.63, 3.8) is 0 Å². The second kappa shape index (κ2) is 7.29. The summed E-state index contributed by atoms with van der Waals surface area (Å²) in [5, 5.41) is 0. The summed E-state index contributed by atoms with van der Waals surface area (Å²) in [4.78, 5) is 21.9. The molecule has 0 aliphatic carbocycles. The Morgan fingerprint density at radius 3 is 2.43 bits per heavy atom. The molecule has 2 aromatic rings. The summed E-state index contributed by atoms with van der Waals surface area (Å²) >= 11 is 0. The van der Waals surface area contributed by atoms with Crippen LogP contribution < -0.4 is 4.89 Å². The lowest BCUT2D eigenvalue weighted by atomic mass is 10.1. The summed E-state index contributed by atoms with van der Waals surface area (Å²) in [6.45, 7) is 3.67. The molecule has 108 valence electrons. The lowest BCUT2D eigenvalue weighted by molar-refractivity contribution is -0.208. The van der Waals surface area contributed by atoms with Crippen LogP contribution in [0.5, 0.6) is 5.75 Å². The Hall–Kier alpha value is -2.55. The molecule has 0 spiro atoms. The van der Waals surface area contributed by atoms with E-state index >= 15 is 0 Å². The Bertz CT molecular complexity index is 630. The third-order valence-electron chi connectivity index (χ3n) is 3.01. The molecular weight excluding hydrogens is 264 g/mol. The summed E-state index contributed by atoms with van der Waals surface area (Å²) in [5.41, 5.74) is 2.42. The van der Waals surface area contributed by atoms with E-state index in [-0.39, 0.29) is 0 Å². The van der Waals surface area contributed by atoms with Gasteiger partial charge in [-0.3, -0.25) is 4.89 Å². The van der Waals surface area contributed by atoms with Gasteiger partial charge in [-0.15, -0.1) is 0 Å².